The van der Waals surface area contributed by atoms with E-state index in [9.17, 15) is 10.2 Å². The van der Waals surface area contributed by atoms with Crippen LogP contribution >= 0.6 is 0 Å². The van der Waals surface area contributed by atoms with Crippen molar-refractivity contribution >= 4 is 11.8 Å². The van der Waals surface area contributed by atoms with Crippen LogP contribution in [0.1, 0.15) is 54.2 Å². The number of furan rings is 1. The maximum atomic E-state index is 12.7. The number of hydrogen-bond acceptors (Lipinski definition) is 6. The average molecular weight is 418 g/mol. The second-order valence-electron chi connectivity index (χ2n) is 10.6. The number of phenolic OH excluding ortho intramolecular Hbond substituents is 1. The number of aromatic hydroxyl groups is 1. The van der Waals surface area contributed by atoms with Crippen molar-refractivity contribution in [1.29, 1.82) is 0 Å². The molecule has 3 N–H and O–H groups in total. The minimum absolute atomic E-state index is 0.0911. The van der Waals surface area contributed by atoms with Gasteiger partial charge in [-0.25, -0.2) is 0 Å². The quantitative estimate of drug-likeness (QED) is 0.646. The van der Waals surface area contributed by atoms with Gasteiger partial charge in [-0.3, -0.25) is 9.89 Å². The van der Waals surface area contributed by atoms with Crippen molar-refractivity contribution in [3.05, 3.63) is 45.4 Å². The van der Waals surface area contributed by atoms with Gasteiger partial charge in [0.25, 0.3) is 0 Å². The lowest BCUT2D eigenvalue weighted by Gasteiger charge is -2.63. The van der Waals surface area contributed by atoms with Crippen LogP contribution in [0.15, 0.2) is 21.5 Å². The molecular formula is C25H27N3O3. The number of benzene rings is 1. The van der Waals surface area contributed by atoms with Crippen molar-refractivity contribution in [3.8, 4) is 5.75 Å². The van der Waals surface area contributed by atoms with Crippen molar-refractivity contribution in [2.45, 2.75) is 61.6 Å². The largest absolute Gasteiger partial charge is 0.506 e. The average Bonchev–Trinajstić information content (AvgIpc) is 3.40. The highest BCUT2D eigenvalue weighted by Crippen LogP contribution is 2.67. The first-order chi connectivity index (χ1) is 15.1. The van der Waals surface area contributed by atoms with Crippen LogP contribution in [0.5, 0.6) is 5.75 Å². The number of likely N-dealkylation sites (tertiary alicyclic amines) is 1. The van der Waals surface area contributed by atoms with Crippen LogP contribution in [-0.4, -0.2) is 46.4 Å². The Morgan fingerprint density at radius 3 is 3.06 bits per heavy atom. The van der Waals surface area contributed by atoms with Crippen LogP contribution in [0, 0.1) is 5.92 Å². The molecular weight excluding hydrogens is 390 g/mol. The van der Waals surface area contributed by atoms with E-state index in [2.05, 4.69) is 27.4 Å². The van der Waals surface area contributed by atoms with E-state index in [1.807, 2.05) is 6.07 Å². The fourth-order valence-electron chi connectivity index (χ4n) is 7.69. The summed E-state index contributed by atoms with van der Waals surface area (Å²) < 4.78 is 6.39. The second-order valence-corrected chi connectivity index (χ2v) is 10.6. The van der Waals surface area contributed by atoms with Gasteiger partial charge < -0.3 is 19.9 Å². The summed E-state index contributed by atoms with van der Waals surface area (Å²) in [4.78, 5) is 7.23. The molecule has 160 valence electrons. The SMILES string of the molecule is Oc1ccc2c3c1N[C@H]1c4oc5c(c4C[C@@]4(O)C(C2)N(CC2CC2)CC[C@]314)=CCCN=5. The van der Waals surface area contributed by atoms with Gasteiger partial charge in [-0.15, -0.1) is 0 Å². The first-order valence-corrected chi connectivity index (χ1v) is 11.8. The summed E-state index contributed by atoms with van der Waals surface area (Å²) in [7, 11) is 0. The molecule has 1 aromatic carbocycles. The van der Waals surface area contributed by atoms with Gasteiger partial charge in [-0.2, -0.15) is 0 Å². The Morgan fingerprint density at radius 2 is 2.19 bits per heavy atom. The third-order valence-corrected chi connectivity index (χ3v) is 9.16. The molecule has 0 radical (unpaired) electrons. The molecule has 2 bridgehead atoms. The molecule has 1 aromatic heterocycles. The summed E-state index contributed by atoms with van der Waals surface area (Å²) >= 11 is 0. The molecule has 8 rings (SSSR count). The van der Waals surface area contributed by atoms with Crippen molar-refractivity contribution in [2.24, 2.45) is 10.9 Å². The number of hydrogen-bond donors (Lipinski definition) is 3. The van der Waals surface area contributed by atoms with E-state index in [1.54, 1.807) is 0 Å². The van der Waals surface area contributed by atoms with E-state index < -0.39 is 11.0 Å². The zero-order chi connectivity index (χ0) is 20.5. The molecule has 3 aliphatic heterocycles. The van der Waals surface area contributed by atoms with E-state index in [0.29, 0.717) is 6.42 Å². The van der Waals surface area contributed by atoms with Crippen LogP contribution in [0.2, 0.25) is 0 Å². The Bertz CT molecular complexity index is 1280. The number of aliphatic hydroxyl groups is 1. The third kappa shape index (κ3) is 1.88. The standard InChI is InChI=1S/C25H27N3O3/c29-17-6-5-14-10-18-25(30)11-16-15-2-1-8-26-23(15)31-21(16)22-24(25,19(14)20(17)27-22)7-9-28(18)12-13-3-4-13/h2,5-6,13,18,22,27,29-30H,1,3-4,7-12H2/t18?,22-,24-,25+/m0/s1. The Balaban J connectivity index is 1.42. The van der Waals surface area contributed by atoms with Gasteiger partial charge in [0.2, 0.25) is 5.55 Å². The van der Waals surface area contributed by atoms with E-state index in [0.717, 1.165) is 78.2 Å². The lowest BCUT2D eigenvalue weighted by atomic mass is 9.49. The van der Waals surface area contributed by atoms with Gasteiger partial charge >= 0.3 is 0 Å². The third-order valence-electron chi connectivity index (χ3n) is 9.16. The summed E-state index contributed by atoms with van der Waals surface area (Å²) in [5.41, 5.74) is 3.71. The van der Waals surface area contributed by atoms with E-state index in [-0.39, 0.29) is 17.8 Å². The van der Waals surface area contributed by atoms with Gasteiger partial charge in [-0.1, -0.05) is 12.1 Å². The Hall–Kier alpha value is -2.31. The monoisotopic (exact) mass is 417 g/mol. The van der Waals surface area contributed by atoms with Gasteiger partial charge in [0.05, 0.1) is 22.7 Å². The maximum absolute atomic E-state index is 12.7. The predicted octanol–water partition coefficient (Wildman–Crippen LogP) is 1.52. The molecule has 6 aliphatic rings. The highest BCUT2D eigenvalue weighted by atomic mass is 16.3. The fraction of sp³-hybridized carbons (Fsp3) is 0.560. The molecule has 1 unspecified atom stereocenters. The molecule has 3 aliphatic carbocycles. The normalized spacial score (nSPS) is 36.5. The van der Waals surface area contributed by atoms with Gasteiger partial charge in [-0.05, 0) is 61.8 Å². The van der Waals surface area contributed by atoms with E-state index in [1.165, 1.54) is 18.4 Å². The molecule has 1 saturated carbocycles. The minimum atomic E-state index is -0.889. The second kappa shape index (κ2) is 5.36. The van der Waals surface area contributed by atoms with E-state index in [4.69, 9.17) is 4.42 Å². The number of rotatable bonds is 2. The Kier molecular flexibility index (Phi) is 2.98. The highest BCUT2D eigenvalue weighted by molar-refractivity contribution is 5.76. The predicted molar refractivity (Wildman–Crippen MR) is 115 cm³/mol. The number of anilines is 1. The minimum Gasteiger partial charge on any atom is -0.506 e. The zero-order valence-electron chi connectivity index (χ0n) is 17.5. The fourth-order valence-corrected chi connectivity index (χ4v) is 7.69. The van der Waals surface area contributed by atoms with Crippen molar-refractivity contribution in [1.82, 2.24) is 4.90 Å². The topological polar surface area (TPSA) is 81.2 Å². The first-order valence-electron chi connectivity index (χ1n) is 11.8. The summed E-state index contributed by atoms with van der Waals surface area (Å²) in [6.07, 6.45) is 8.11. The summed E-state index contributed by atoms with van der Waals surface area (Å²) in [6, 6.07) is 3.83. The number of nitrogens with one attached hydrogen (secondary N) is 1. The van der Waals surface area contributed by atoms with Gasteiger partial charge in [0.15, 0.2) is 0 Å². The number of fused-ring (bicyclic) bond motifs is 4. The van der Waals surface area contributed by atoms with E-state index >= 15 is 0 Å². The molecule has 6 nitrogen and oxygen atoms in total. The number of phenols is 1. The van der Waals surface area contributed by atoms with Crippen molar-refractivity contribution < 1.29 is 14.6 Å². The first kappa shape index (κ1) is 17.3. The van der Waals surface area contributed by atoms with Gasteiger partial charge in [0.1, 0.15) is 11.5 Å². The lowest BCUT2D eigenvalue weighted by molar-refractivity contribution is -0.157. The smallest absolute Gasteiger partial charge is 0.221 e. The van der Waals surface area contributed by atoms with Crippen LogP contribution in [0.4, 0.5) is 5.69 Å². The number of nitrogens with zero attached hydrogens (tertiary/aromatic N) is 2. The Morgan fingerprint density at radius 1 is 1.29 bits per heavy atom. The van der Waals surface area contributed by atoms with Crippen molar-refractivity contribution in [2.75, 3.05) is 25.0 Å². The molecule has 4 atom stereocenters. The molecule has 1 spiro atoms. The number of piperidine rings is 1. The zero-order valence-corrected chi connectivity index (χ0v) is 17.5. The molecule has 0 amide bonds. The Labute approximate surface area is 180 Å². The lowest BCUT2D eigenvalue weighted by Crippen LogP contribution is -2.74. The molecule has 1 saturated heterocycles. The molecule has 2 fully saturated rings. The summed E-state index contributed by atoms with van der Waals surface area (Å²) in [6.45, 7) is 2.84. The van der Waals surface area contributed by atoms with Crippen molar-refractivity contribution in [3.63, 3.8) is 0 Å². The summed E-state index contributed by atoms with van der Waals surface area (Å²) in [5.74, 6) is 1.99. The molecule has 6 heteroatoms. The molecule has 31 heavy (non-hydrogen) atoms. The molecule has 4 heterocycles. The van der Waals surface area contributed by atoms with Crippen LogP contribution in [0.25, 0.3) is 6.08 Å². The summed E-state index contributed by atoms with van der Waals surface area (Å²) in [5, 5.41) is 28.2. The van der Waals surface area contributed by atoms with Gasteiger partial charge in [0, 0.05) is 36.3 Å². The van der Waals surface area contributed by atoms with Crippen LogP contribution in [-0.2, 0) is 18.3 Å². The molecule has 2 aromatic rings. The van der Waals surface area contributed by atoms with Crippen LogP contribution in [0.3, 0.4) is 0 Å². The highest BCUT2D eigenvalue weighted by Gasteiger charge is 2.72. The van der Waals surface area contributed by atoms with Crippen LogP contribution < -0.4 is 16.1 Å². The maximum Gasteiger partial charge on any atom is 0.221 e.